The van der Waals surface area contributed by atoms with E-state index in [4.69, 9.17) is 5.73 Å². The Balaban J connectivity index is 2.59. The van der Waals surface area contributed by atoms with E-state index < -0.39 is 5.69 Å². The van der Waals surface area contributed by atoms with Crippen LogP contribution in [0.3, 0.4) is 0 Å². The molecule has 84 valence electrons. The van der Waals surface area contributed by atoms with Gasteiger partial charge in [0.25, 0.3) is 0 Å². The zero-order chi connectivity index (χ0) is 11.7. The molecule has 1 heterocycles. The van der Waals surface area contributed by atoms with Crippen LogP contribution in [-0.4, -0.2) is 9.97 Å². The summed E-state index contributed by atoms with van der Waals surface area (Å²) < 4.78 is 0. The van der Waals surface area contributed by atoms with E-state index in [2.05, 4.69) is 16.0 Å². The van der Waals surface area contributed by atoms with E-state index in [0.29, 0.717) is 5.82 Å². The summed E-state index contributed by atoms with van der Waals surface area (Å²) in [5, 5.41) is 0. The number of H-pyrrole nitrogens is 1. The lowest BCUT2D eigenvalue weighted by atomic mass is 9.89. The SMILES string of the molecule is CC(C)=C[C@@H]1CC=Cc2[nH]c(=O)nc(N)c21. The molecule has 0 saturated carbocycles. The van der Waals surface area contributed by atoms with E-state index in [0.717, 1.165) is 17.7 Å². The summed E-state index contributed by atoms with van der Waals surface area (Å²) >= 11 is 0. The van der Waals surface area contributed by atoms with Crippen molar-refractivity contribution in [1.29, 1.82) is 0 Å². The van der Waals surface area contributed by atoms with E-state index >= 15 is 0 Å². The Hall–Kier alpha value is -1.84. The molecule has 2 rings (SSSR count). The third kappa shape index (κ3) is 1.91. The van der Waals surface area contributed by atoms with Gasteiger partial charge in [-0.1, -0.05) is 17.7 Å². The fourth-order valence-corrected chi connectivity index (χ4v) is 2.04. The van der Waals surface area contributed by atoms with Crippen molar-refractivity contribution in [3.8, 4) is 0 Å². The van der Waals surface area contributed by atoms with Crippen molar-refractivity contribution in [2.45, 2.75) is 26.2 Å². The van der Waals surface area contributed by atoms with Crippen molar-refractivity contribution in [2.24, 2.45) is 0 Å². The van der Waals surface area contributed by atoms with Crippen LogP contribution in [0.5, 0.6) is 0 Å². The molecule has 0 saturated heterocycles. The van der Waals surface area contributed by atoms with Gasteiger partial charge < -0.3 is 10.7 Å². The number of nitrogen functional groups attached to an aromatic ring is 1. The van der Waals surface area contributed by atoms with E-state index in [-0.39, 0.29) is 5.92 Å². The minimum absolute atomic E-state index is 0.217. The van der Waals surface area contributed by atoms with Gasteiger partial charge in [-0.2, -0.15) is 4.98 Å². The van der Waals surface area contributed by atoms with Crippen molar-refractivity contribution in [2.75, 3.05) is 5.73 Å². The van der Waals surface area contributed by atoms with Gasteiger partial charge in [-0.05, 0) is 26.3 Å². The Morgan fingerprint density at radius 2 is 2.38 bits per heavy atom. The first-order chi connectivity index (χ1) is 7.58. The molecule has 4 heteroatoms. The third-order valence-corrected chi connectivity index (χ3v) is 2.61. The number of hydrogen-bond donors (Lipinski definition) is 2. The van der Waals surface area contributed by atoms with Crippen LogP contribution in [0.25, 0.3) is 6.08 Å². The maximum absolute atomic E-state index is 11.2. The lowest BCUT2D eigenvalue weighted by Gasteiger charge is -2.19. The minimum Gasteiger partial charge on any atom is -0.383 e. The molecule has 0 unspecified atom stereocenters. The maximum atomic E-state index is 11.2. The largest absolute Gasteiger partial charge is 0.383 e. The Kier molecular flexibility index (Phi) is 2.64. The number of nitrogens with zero attached hydrogens (tertiary/aromatic N) is 1. The molecule has 3 N–H and O–H groups in total. The molecule has 0 fully saturated rings. The van der Waals surface area contributed by atoms with Crippen LogP contribution >= 0.6 is 0 Å². The molecular weight excluding hydrogens is 202 g/mol. The number of aromatic amines is 1. The van der Waals surface area contributed by atoms with E-state index in [9.17, 15) is 4.79 Å². The van der Waals surface area contributed by atoms with Crippen LogP contribution in [0.4, 0.5) is 5.82 Å². The summed E-state index contributed by atoms with van der Waals surface area (Å²) in [6.07, 6.45) is 6.99. The van der Waals surface area contributed by atoms with Crippen molar-refractivity contribution in [3.05, 3.63) is 39.5 Å². The first kappa shape index (κ1) is 10.7. The smallest absolute Gasteiger partial charge is 0.347 e. The molecule has 0 aromatic carbocycles. The van der Waals surface area contributed by atoms with Gasteiger partial charge >= 0.3 is 5.69 Å². The van der Waals surface area contributed by atoms with Crippen molar-refractivity contribution in [1.82, 2.24) is 9.97 Å². The molecule has 1 aromatic heterocycles. The lowest BCUT2D eigenvalue weighted by Crippen LogP contribution is -2.19. The first-order valence-electron chi connectivity index (χ1n) is 5.29. The molecule has 1 aromatic rings. The molecule has 1 aliphatic rings. The van der Waals surface area contributed by atoms with Gasteiger partial charge in [-0.3, -0.25) is 0 Å². The first-order valence-corrected chi connectivity index (χ1v) is 5.29. The second-order valence-electron chi connectivity index (χ2n) is 4.24. The molecule has 4 nitrogen and oxygen atoms in total. The van der Waals surface area contributed by atoms with Crippen LogP contribution in [0.1, 0.15) is 37.4 Å². The van der Waals surface area contributed by atoms with Crippen LogP contribution in [-0.2, 0) is 0 Å². The molecular formula is C12H15N3O. The highest BCUT2D eigenvalue weighted by Crippen LogP contribution is 2.32. The van der Waals surface area contributed by atoms with Crippen molar-refractivity contribution < 1.29 is 0 Å². The minimum atomic E-state index is -0.390. The second-order valence-corrected chi connectivity index (χ2v) is 4.24. The van der Waals surface area contributed by atoms with Gasteiger partial charge in [0.15, 0.2) is 0 Å². The predicted molar refractivity (Wildman–Crippen MR) is 65.1 cm³/mol. The number of anilines is 1. The predicted octanol–water partition coefficient (Wildman–Crippen LogP) is 1.82. The maximum Gasteiger partial charge on any atom is 0.347 e. The molecule has 0 aliphatic heterocycles. The van der Waals surface area contributed by atoms with Gasteiger partial charge in [0.2, 0.25) is 0 Å². The van der Waals surface area contributed by atoms with Crippen LogP contribution in [0, 0.1) is 0 Å². The lowest BCUT2D eigenvalue weighted by molar-refractivity contribution is 0.819. The molecule has 0 bridgehead atoms. The number of fused-ring (bicyclic) bond motifs is 1. The number of nitrogens with two attached hydrogens (primary N) is 1. The summed E-state index contributed by atoms with van der Waals surface area (Å²) in [6, 6.07) is 0. The summed E-state index contributed by atoms with van der Waals surface area (Å²) in [7, 11) is 0. The Morgan fingerprint density at radius 1 is 1.62 bits per heavy atom. The number of nitrogens with one attached hydrogen (secondary N) is 1. The molecule has 16 heavy (non-hydrogen) atoms. The fraction of sp³-hybridized carbons (Fsp3) is 0.333. The molecule has 0 radical (unpaired) electrons. The van der Waals surface area contributed by atoms with Crippen LogP contribution in [0.15, 0.2) is 22.5 Å². The van der Waals surface area contributed by atoms with Gasteiger partial charge in [0.05, 0.1) is 0 Å². The zero-order valence-corrected chi connectivity index (χ0v) is 9.45. The average Bonchev–Trinajstić information content (AvgIpc) is 2.15. The molecule has 1 aliphatic carbocycles. The molecule has 1 atom stereocenters. The highest BCUT2D eigenvalue weighted by atomic mass is 16.1. The molecule has 0 spiro atoms. The van der Waals surface area contributed by atoms with Gasteiger partial charge in [-0.25, -0.2) is 4.79 Å². The quantitative estimate of drug-likeness (QED) is 0.705. The average molecular weight is 217 g/mol. The Morgan fingerprint density at radius 3 is 3.06 bits per heavy atom. The highest BCUT2D eigenvalue weighted by Gasteiger charge is 2.19. The Bertz CT molecular complexity index is 522. The monoisotopic (exact) mass is 217 g/mol. The standard InChI is InChI=1S/C12H15N3O/c1-7(2)6-8-4-3-5-9-10(8)11(13)15-12(16)14-9/h3,5-6,8H,4H2,1-2H3,(H3,13,14,15,16)/t8-/m0/s1. The molecule has 0 amide bonds. The second kappa shape index (κ2) is 3.96. The summed E-state index contributed by atoms with van der Waals surface area (Å²) in [4.78, 5) is 17.7. The topological polar surface area (TPSA) is 71.8 Å². The number of aromatic nitrogens is 2. The van der Waals surface area contributed by atoms with Crippen LogP contribution < -0.4 is 11.4 Å². The van der Waals surface area contributed by atoms with Gasteiger partial charge in [-0.15, -0.1) is 0 Å². The summed E-state index contributed by atoms with van der Waals surface area (Å²) in [5.74, 6) is 0.556. The van der Waals surface area contributed by atoms with E-state index in [1.165, 1.54) is 5.57 Å². The summed E-state index contributed by atoms with van der Waals surface area (Å²) in [6.45, 7) is 4.10. The Labute approximate surface area is 93.9 Å². The fourth-order valence-electron chi connectivity index (χ4n) is 2.04. The highest BCUT2D eigenvalue weighted by molar-refractivity contribution is 5.61. The summed E-state index contributed by atoms with van der Waals surface area (Å²) in [5.41, 5.74) is 8.37. The normalized spacial score (nSPS) is 18.0. The van der Waals surface area contributed by atoms with E-state index in [1.54, 1.807) is 0 Å². The van der Waals surface area contributed by atoms with Crippen molar-refractivity contribution >= 4 is 11.9 Å². The van der Waals surface area contributed by atoms with Crippen molar-refractivity contribution in [3.63, 3.8) is 0 Å². The van der Waals surface area contributed by atoms with Crippen LogP contribution in [0.2, 0.25) is 0 Å². The van der Waals surface area contributed by atoms with Gasteiger partial charge in [0, 0.05) is 17.2 Å². The number of hydrogen-bond acceptors (Lipinski definition) is 3. The zero-order valence-electron chi connectivity index (χ0n) is 9.45. The van der Waals surface area contributed by atoms with Gasteiger partial charge in [0.1, 0.15) is 5.82 Å². The number of rotatable bonds is 1. The van der Waals surface area contributed by atoms with E-state index in [1.807, 2.05) is 26.0 Å². The number of allylic oxidation sites excluding steroid dienone is 3. The third-order valence-electron chi connectivity index (χ3n) is 2.61.